The second-order valence-corrected chi connectivity index (χ2v) is 4.85. The highest BCUT2D eigenvalue weighted by Crippen LogP contribution is 2.29. The Morgan fingerprint density at radius 3 is 3.16 bits per heavy atom. The molecule has 1 N–H and O–H groups in total. The first-order chi connectivity index (χ1) is 9.33. The number of hydrogen-bond donors (Lipinski definition) is 1. The fraction of sp³-hybridized carbons (Fsp3) is 0.333. The molecular formula is C12H12FN3O2S. The van der Waals surface area contributed by atoms with E-state index in [9.17, 15) is 4.39 Å². The molecule has 3 rings (SSSR count). The molecule has 0 spiro atoms. The molecule has 1 aliphatic rings. The van der Waals surface area contributed by atoms with Crippen molar-refractivity contribution in [2.24, 2.45) is 0 Å². The van der Waals surface area contributed by atoms with Crippen LogP contribution >= 0.6 is 11.3 Å². The predicted octanol–water partition coefficient (Wildman–Crippen LogP) is 2.13. The van der Waals surface area contributed by atoms with Crippen LogP contribution in [0.4, 0.5) is 4.39 Å². The Hall–Kier alpha value is -1.57. The first kappa shape index (κ1) is 12.5. The van der Waals surface area contributed by atoms with Crippen molar-refractivity contribution in [1.29, 1.82) is 0 Å². The second kappa shape index (κ2) is 5.60. The molecule has 1 aromatic carbocycles. The standard InChI is InChI=1S/C12H12FN3O2S/c13-10-2-1-8(18-12-16-15-7-19-12)5-9(10)11-6-14-3-4-17-11/h1-2,5,7,11,14H,3-4,6H2. The molecule has 7 heteroatoms. The third-order valence-corrected chi connectivity index (χ3v) is 3.35. The van der Waals surface area contributed by atoms with Crippen molar-refractivity contribution in [2.75, 3.05) is 19.7 Å². The van der Waals surface area contributed by atoms with Crippen LogP contribution in [0, 0.1) is 5.82 Å². The quantitative estimate of drug-likeness (QED) is 0.934. The largest absolute Gasteiger partial charge is 0.430 e. The summed E-state index contributed by atoms with van der Waals surface area (Å²) in [7, 11) is 0. The van der Waals surface area contributed by atoms with E-state index in [1.807, 2.05) is 0 Å². The van der Waals surface area contributed by atoms with Crippen LogP contribution in [0.3, 0.4) is 0 Å². The smallest absolute Gasteiger partial charge is 0.299 e. The zero-order valence-corrected chi connectivity index (χ0v) is 10.8. The molecule has 1 unspecified atom stereocenters. The summed E-state index contributed by atoms with van der Waals surface area (Å²) >= 11 is 1.28. The molecule has 1 aromatic heterocycles. The molecule has 1 atom stereocenters. The molecule has 19 heavy (non-hydrogen) atoms. The summed E-state index contributed by atoms with van der Waals surface area (Å²) in [6.45, 7) is 1.96. The van der Waals surface area contributed by atoms with E-state index in [0.717, 1.165) is 6.54 Å². The number of benzene rings is 1. The van der Waals surface area contributed by atoms with E-state index in [2.05, 4.69) is 15.5 Å². The SMILES string of the molecule is Fc1ccc(Oc2nncs2)cc1C1CNCCO1. The molecule has 2 aromatic rings. The molecular weight excluding hydrogens is 269 g/mol. The number of morpholine rings is 1. The van der Waals surface area contributed by atoms with Gasteiger partial charge in [-0.25, -0.2) is 4.39 Å². The molecule has 5 nitrogen and oxygen atoms in total. The van der Waals surface area contributed by atoms with Crippen LogP contribution in [0.2, 0.25) is 0 Å². The first-order valence-electron chi connectivity index (χ1n) is 5.89. The predicted molar refractivity (Wildman–Crippen MR) is 67.9 cm³/mol. The van der Waals surface area contributed by atoms with Gasteiger partial charge in [0.1, 0.15) is 17.1 Å². The Morgan fingerprint density at radius 1 is 1.47 bits per heavy atom. The summed E-state index contributed by atoms with van der Waals surface area (Å²) < 4.78 is 24.9. The van der Waals surface area contributed by atoms with Crippen LogP contribution < -0.4 is 10.1 Å². The van der Waals surface area contributed by atoms with Gasteiger partial charge in [0.25, 0.3) is 5.19 Å². The summed E-state index contributed by atoms with van der Waals surface area (Å²) in [5.74, 6) is 0.237. The summed E-state index contributed by atoms with van der Waals surface area (Å²) in [5.41, 5.74) is 2.07. The van der Waals surface area contributed by atoms with Crippen LogP contribution in [0.15, 0.2) is 23.7 Å². The van der Waals surface area contributed by atoms with E-state index < -0.39 is 0 Å². The maximum absolute atomic E-state index is 13.8. The number of halogens is 1. The number of aromatic nitrogens is 2. The monoisotopic (exact) mass is 281 g/mol. The van der Waals surface area contributed by atoms with Gasteiger partial charge in [-0.05, 0) is 18.2 Å². The Morgan fingerprint density at radius 2 is 2.42 bits per heavy atom. The van der Waals surface area contributed by atoms with E-state index in [1.54, 1.807) is 17.6 Å². The average Bonchev–Trinajstić information content (AvgIpc) is 2.95. The van der Waals surface area contributed by atoms with E-state index in [1.165, 1.54) is 17.4 Å². The van der Waals surface area contributed by atoms with Crippen molar-refractivity contribution in [2.45, 2.75) is 6.10 Å². The number of rotatable bonds is 3. The lowest BCUT2D eigenvalue weighted by Crippen LogP contribution is -2.33. The molecule has 0 bridgehead atoms. The average molecular weight is 281 g/mol. The number of nitrogens with one attached hydrogen (secondary N) is 1. The zero-order valence-electron chi connectivity index (χ0n) is 10.0. The number of nitrogens with zero attached hydrogens (tertiary/aromatic N) is 2. The van der Waals surface area contributed by atoms with E-state index in [4.69, 9.17) is 9.47 Å². The normalized spacial score (nSPS) is 19.3. The highest BCUT2D eigenvalue weighted by molar-refractivity contribution is 7.11. The van der Waals surface area contributed by atoms with Crippen LogP contribution in [0.5, 0.6) is 10.9 Å². The van der Waals surface area contributed by atoms with E-state index in [-0.39, 0.29) is 11.9 Å². The molecule has 1 saturated heterocycles. The van der Waals surface area contributed by atoms with Gasteiger partial charge in [0.2, 0.25) is 0 Å². The maximum atomic E-state index is 13.8. The third-order valence-electron chi connectivity index (χ3n) is 2.79. The van der Waals surface area contributed by atoms with Gasteiger partial charge in [-0.3, -0.25) is 0 Å². The minimum absolute atomic E-state index is 0.285. The minimum Gasteiger partial charge on any atom is -0.430 e. The van der Waals surface area contributed by atoms with Crippen molar-refractivity contribution in [3.05, 3.63) is 35.1 Å². The Kier molecular flexibility index (Phi) is 3.67. The third kappa shape index (κ3) is 2.89. The second-order valence-electron chi connectivity index (χ2n) is 4.05. The molecule has 0 aliphatic carbocycles. The van der Waals surface area contributed by atoms with Crippen molar-refractivity contribution in [3.8, 4) is 10.9 Å². The van der Waals surface area contributed by atoms with E-state index in [0.29, 0.717) is 29.7 Å². The highest BCUT2D eigenvalue weighted by atomic mass is 32.1. The van der Waals surface area contributed by atoms with Gasteiger partial charge in [-0.15, -0.1) is 5.10 Å². The van der Waals surface area contributed by atoms with Crippen LogP contribution in [-0.2, 0) is 4.74 Å². The van der Waals surface area contributed by atoms with Gasteiger partial charge in [0.05, 0.1) is 12.7 Å². The van der Waals surface area contributed by atoms with Crippen LogP contribution in [-0.4, -0.2) is 29.9 Å². The first-order valence-corrected chi connectivity index (χ1v) is 6.76. The summed E-state index contributed by atoms with van der Waals surface area (Å²) in [4.78, 5) is 0. The Labute approximate surface area is 113 Å². The summed E-state index contributed by atoms with van der Waals surface area (Å²) in [5, 5.41) is 11.1. The van der Waals surface area contributed by atoms with Gasteiger partial charge in [-0.1, -0.05) is 16.4 Å². The topological polar surface area (TPSA) is 56.3 Å². The van der Waals surface area contributed by atoms with Gasteiger partial charge in [0, 0.05) is 18.7 Å². The van der Waals surface area contributed by atoms with Crippen molar-refractivity contribution in [1.82, 2.24) is 15.5 Å². The van der Waals surface area contributed by atoms with Gasteiger partial charge in [-0.2, -0.15) is 0 Å². The Balaban J connectivity index is 1.83. The van der Waals surface area contributed by atoms with Crippen molar-refractivity contribution >= 4 is 11.3 Å². The molecule has 2 heterocycles. The van der Waals surface area contributed by atoms with Crippen LogP contribution in [0.1, 0.15) is 11.7 Å². The summed E-state index contributed by atoms with van der Waals surface area (Å²) in [6.07, 6.45) is -0.285. The number of hydrogen-bond acceptors (Lipinski definition) is 6. The molecule has 0 amide bonds. The molecule has 0 radical (unpaired) electrons. The molecule has 0 saturated carbocycles. The maximum Gasteiger partial charge on any atom is 0.299 e. The lowest BCUT2D eigenvalue weighted by molar-refractivity contribution is 0.0254. The van der Waals surface area contributed by atoms with Crippen molar-refractivity contribution in [3.63, 3.8) is 0 Å². The van der Waals surface area contributed by atoms with Gasteiger partial charge in [0.15, 0.2) is 0 Å². The van der Waals surface area contributed by atoms with Gasteiger partial charge < -0.3 is 14.8 Å². The lowest BCUT2D eigenvalue weighted by atomic mass is 10.1. The highest BCUT2D eigenvalue weighted by Gasteiger charge is 2.20. The Bertz CT molecular complexity index is 544. The minimum atomic E-state index is -0.293. The fourth-order valence-electron chi connectivity index (χ4n) is 1.91. The molecule has 100 valence electrons. The van der Waals surface area contributed by atoms with Gasteiger partial charge >= 0.3 is 0 Å². The number of ether oxygens (including phenoxy) is 2. The summed E-state index contributed by atoms with van der Waals surface area (Å²) in [6, 6.07) is 4.59. The van der Waals surface area contributed by atoms with Crippen molar-refractivity contribution < 1.29 is 13.9 Å². The zero-order chi connectivity index (χ0) is 13.1. The fourth-order valence-corrected chi connectivity index (χ4v) is 2.33. The molecule has 1 fully saturated rings. The van der Waals surface area contributed by atoms with Crippen LogP contribution in [0.25, 0.3) is 0 Å². The van der Waals surface area contributed by atoms with E-state index >= 15 is 0 Å². The lowest BCUT2D eigenvalue weighted by Gasteiger charge is -2.24. The molecule has 1 aliphatic heterocycles.